The number of benzene rings is 1. The van der Waals surface area contributed by atoms with Crippen LogP contribution in [0.2, 0.25) is 0 Å². The third-order valence-corrected chi connectivity index (χ3v) is 2.67. The number of ether oxygens (including phenoxy) is 2. The predicted molar refractivity (Wildman–Crippen MR) is 69.4 cm³/mol. The van der Waals surface area contributed by atoms with Crippen molar-refractivity contribution in [3.63, 3.8) is 0 Å². The fraction of sp³-hybridized carbons (Fsp3) is 0.0833. The van der Waals surface area contributed by atoms with Crippen molar-refractivity contribution in [1.29, 1.82) is 0 Å². The molecule has 2 rings (SSSR count). The molecule has 2 aromatic rings. The summed E-state index contributed by atoms with van der Waals surface area (Å²) >= 11 is 3.34. The van der Waals surface area contributed by atoms with E-state index >= 15 is 0 Å². The van der Waals surface area contributed by atoms with Crippen molar-refractivity contribution < 1.29 is 9.47 Å². The minimum atomic E-state index is 0.476. The van der Waals surface area contributed by atoms with Gasteiger partial charge >= 0.3 is 0 Å². The van der Waals surface area contributed by atoms with Crippen LogP contribution in [0.4, 0.5) is 5.69 Å². The molecule has 0 amide bonds. The van der Waals surface area contributed by atoms with Gasteiger partial charge in [-0.25, -0.2) is 4.98 Å². The largest absolute Gasteiger partial charge is 0.497 e. The van der Waals surface area contributed by atoms with Gasteiger partial charge < -0.3 is 15.2 Å². The number of hydrogen-bond acceptors (Lipinski definition) is 4. The lowest BCUT2D eigenvalue weighted by molar-refractivity contribution is 0.412. The molecule has 2 N–H and O–H groups in total. The zero-order valence-corrected chi connectivity index (χ0v) is 10.8. The van der Waals surface area contributed by atoms with Gasteiger partial charge in [-0.3, -0.25) is 0 Å². The highest BCUT2D eigenvalue weighted by molar-refractivity contribution is 9.10. The molecule has 4 nitrogen and oxygen atoms in total. The van der Waals surface area contributed by atoms with Crippen LogP contribution in [-0.4, -0.2) is 12.1 Å². The van der Waals surface area contributed by atoms with E-state index in [9.17, 15) is 0 Å². The first-order valence-corrected chi connectivity index (χ1v) is 5.71. The van der Waals surface area contributed by atoms with Gasteiger partial charge in [-0.1, -0.05) is 0 Å². The van der Waals surface area contributed by atoms with E-state index in [4.69, 9.17) is 15.2 Å². The van der Waals surface area contributed by atoms with Gasteiger partial charge in [-0.2, -0.15) is 0 Å². The molecule has 0 fully saturated rings. The molecule has 0 aliphatic heterocycles. The Labute approximate surface area is 108 Å². The Kier molecular flexibility index (Phi) is 3.49. The van der Waals surface area contributed by atoms with Crippen LogP contribution in [0.1, 0.15) is 0 Å². The van der Waals surface area contributed by atoms with Crippen LogP contribution in [-0.2, 0) is 0 Å². The average molecular weight is 295 g/mol. The number of nitrogen functional groups attached to an aromatic ring is 1. The molecule has 0 saturated carbocycles. The number of hydrogen-bond donors (Lipinski definition) is 1. The van der Waals surface area contributed by atoms with E-state index in [0.29, 0.717) is 21.8 Å². The van der Waals surface area contributed by atoms with Crippen molar-refractivity contribution in [1.82, 2.24) is 4.98 Å². The molecule has 0 bridgehead atoms. The topological polar surface area (TPSA) is 57.4 Å². The highest BCUT2D eigenvalue weighted by atomic mass is 79.9. The summed E-state index contributed by atoms with van der Waals surface area (Å²) in [5.41, 5.74) is 6.18. The number of aromatic nitrogens is 1. The standard InChI is InChI=1S/C12H11BrN2O2/c1-16-9-2-4-10(5-3-9)17-12-11(13)6-8(14)7-15-12/h2-7H,14H2,1H3. The zero-order chi connectivity index (χ0) is 12.3. The molecule has 5 heteroatoms. The second-order valence-electron chi connectivity index (χ2n) is 3.33. The van der Waals surface area contributed by atoms with Crippen LogP contribution in [0.15, 0.2) is 41.0 Å². The third kappa shape index (κ3) is 2.88. The Balaban J connectivity index is 2.19. The maximum absolute atomic E-state index is 5.59. The lowest BCUT2D eigenvalue weighted by Crippen LogP contribution is -1.92. The van der Waals surface area contributed by atoms with Gasteiger partial charge in [0.15, 0.2) is 0 Å². The molecule has 0 saturated heterocycles. The van der Waals surface area contributed by atoms with Crippen molar-refractivity contribution in [2.75, 3.05) is 12.8 Å². The first-order valence-electron chi connectivity index (χ1n) is 4.92. The number of anilines is 1. The summed E-state index contributed by atoms with van der Waals surface area (Å²) < 4.78 is 11.4. The van der Waals surface area contributed by atoms with Gasteiger partial charge in [0.25, 0.3) is 0 Å². The summed E-state index contributed by atoms with van der Waals surface area (Å²) in [4.78, 5) is 4.09. The van der Waals surface area contributed by atoms with Gasteiger partial charge in [-0.05, 0) is 46.3 Å². The second kappa shape index (κ2) is 5.05. The van der Waals surface area contributed by atoms with Gasteiger partial charge in [0.2, 0.25) is 5.88 Å². The fourth-order valence-corrected chi connectivity index (χ4v) is 1.72. The fourth-order valence-electron chi connectivity index (χ4n) is 1.27. The Morgan fingerprint density at radius 3 is 2.41 bits per heavy atom. The summed E-state index contributed by atoms with van der Waals surface area (Å²) in [5, 5.41) is 0. The molecule has 88 valence electrons. The minimum Gasteiger partial charge on any atom is -0.497 e. The maximum Gasteiger partial charge on any atom is 0.233 e. The van der Waals surface area contributed by atoms with E-state index in [2.05, 4.69) is 20.9 Å². The monoisotopic (exact) mass is 294 g/mol. The van der Waals surface area contributed by atoms with Crippen molar-refractivity contribution in [3.8, 4) is 17.4 Å². The Hall–Kier alpha value is -1.75. The second-order valence-corrected chi connectivity index (χ2v) is 4.19. The maximum atomic E-state index is 5.59. The van der Waals surface area contributed by atoms with E-state index in [0.717, 1.165) is 5.75 Å². The lowest BCUT2D eigenvalue weighted by Gasteiger charge is -2.07. The molecular formula is C12H11BrN2O2. The first kappa shape index (κ1) is 11.7. The van der Waals surface area contributed by atoms with E-state index in [1.54, 1.807) is 19.4 Å². The smallest absolute Gasteiger partial charge is 0.233 e. The summed E-state index contributed by atoms with van der Waals surface area (Å²) in [6, 6.07) is 9.00. The zero-order valence-electron chi connectivity index (χ0n) is 9.18. The molecular weight excluding hydrogens is 284 g/mol. The van der Waals surface area contributed by atoms with Crippen LogP contribution in [0.5, 0.6) is 17.4 Å². The Morgan fingerprint density at radius 1 is 1.18 bits per heavy atom. The van der Waals surface area contributed by atoms with E-state index in [1.807, 2.05) is 24.3 Å². The van der Waals surface area contributed by atoms with Crippen molar-refractivity contribution in [2.24, 2.45) is 0 Å². The minimum absolute atomic E-state index is 0.476. The number of nitrogens with zero attached hydrogens (tertiary/aromatic N) is 1. The number of halogens is 1. The number of rotatable bonds is 3. The van der Waals surface area contributed by atoms with Crippen LogP contribution >= 0.6 is 15.9 Å². The number of nitrogens with two attached hydrogens (primary N) is 1. The number of methoxy groups -OCH3 is 1. The highest BCUT2D eigenvalue weighted by Gasteiger charge is 2.04. The van der Waals surface area contributed by atoms with Crippen LogP contribution < -0.4 is 15.2 Å². The van der Waals surface area contributed by atoms with Crippen molar-refractivity contribution >= 4 is 21.6 Å². The number of pyridine rings is 1. The normalized spacial score (nSPS) is 10.0. The molecule has 1 heterocycles. The molecule has 1 aromatic heterocycles. The van der Waals surface area contributed by atoms with E-state index in [-0.39, 0.29) is 0 Å². The van der Waals surface area contributed by atoms with Gasteiger partial charge in [0, 0.05) is 0 Å². The van der Waals surface area contributed by atoms with Crippen molar-refractivity contribution in [3.05, 3.63) is 41.0 Å². The quantitative estimate of drug-likeness (QED) is 0.944. The lowest BCUT2D eigenvalue weighted by atomic mass is 10.3. The van der Waals surface area contributed by atoms with Gasteiger partial charge in [-0.15, -0.1) is 0 Å². The van der Waals surface area contributed by atoms with Crippen LogP contribution in [0.3, 0.4) is 0 Å². The summed E-state index contributed by atoms with van der Waals surface area (Å²) in [7, 11) is 1.62. The molecule has 1 aromatic carbocycles. The molecule has 0 aliphatic rings. The highest BCUT2D eigenvalue weighted by Crippen LogP contribution is 2.29. The van der Waals surface area contributed by atoms with Gasteiger partial charge in [0.05, 0.1) is 23.5 Å². The van der Waals surface area contributed by atoms with Crippen LogP contribution in [0.25, 0.3) is 0 Å². The van der Waals surface area contributed by atoms with E-state index in [1.165, 1.54) is 0 Å². The van der Waals surface area contributed by atoms with E-state index < -0.39 is 0 Å². The SMILES string of the molecule is COc1ccc(Oc2ncc(N)cc2Br)cc1. The Bertz CT molecular complexity index is 514. The van der Waals surface area contributed by atoms with Crippen LogP contribution in [0, 0.1) is 0 Å². The molecule has 0 atom stereocenters. The van der Waals surface area contributed by atoms with Crippen molar-refractivity contribution in [2.45, 2.75) is 0 Å². The molecule has 0 spiro atoms. The molecule has 0 radical (unpaired) electrons. The van der Waals surface area contributed by atoms with Gasteiger partial charge in [0.1, 0.15) is 11.5 Å². The summed E-state index contributed by atoms with van der Waals surface area (Å²) in [5.74, 6) is 1.94. The summed E-state index contributed by atoms with van der Waals surface area (Å²) in [6.07, 6.45) is 1.55. The molecule has 17 heavy (non-hydrogen) atoms. The summed E-state index contributed by atoms with van der Waals surface area (Å²) in [6.45, 7) is 0. The average Bonchev–Trinajstić information content (AvgIpc) is 2.34. The Morgan fingerprint density at radius 2 is 1.82 bits per heavy atom. The molecule has 0 aliphatic carbocycles. The first-order chi connectivity index (χ1) is 8.19. The third-order valence-electron chi connectivity index (χ3n) is 2.10. The molecule has 0 unspecified atom stereocenters. The predicted octanol–water partition coefficient (Wildman–Crippen LogP) is 3.23.